The topological polar surface area (TPSA) is 155 Å². The zero-order chi connectivity index (χ0) is 47.5. The lowest BCUT2D eigenvalue weighted by atomic mass is 9.49. The first-order chi connectivity index (χ1) is 31.0. The van der Waals surface area contributed by atoms with Gasteiger partial charge in [-0.15, -0.1) is 0 Å². The molecule has 15 heteroatoms. The van der Waals surface area contributed by atoms with E-state index in [2.05, 4.69) is 72.6 Å². The fourth-order valence-corrected chi connectivity index (χ4v) is 11.8. The first-order valence-electron chi connectivity index (χ1n) is 23.7. The van der Waals surface area contributed by atoms with Gasteiger partial charge in [0.2, 0.25) is 11.8 Å². The predicted molar refractivity (Wildman–Crippen MR) is 256 cm³/mol. The van der Waals surface area contributed by atoms with E-state index in [-0.39, 0.29) is 70.3 Å². The second-order valence-electron chi connectivity index (χ2n) is 22.1. The molecule has 4 fully saturated rings. The van der Waals surface area contributed by atoms with Gasteiger partial charge in [0.1, 0.15) is 29.6 Å². The van der Waals surface area contributed by atoms with Crippen molar-refractivity contribution in [2.45, 2.75) is 111 Å². The van der Waals surface area contributed by atoms with Crippen LogP contribution in [0, 0.1) is 39.4 Å². The zero-order valence-electron chi connectivity index (χ0n) is 40.5. The number of aliphatic hydroxyl groups is 1. The van der Waals surface area contributed by atoms with Gasteiger partial charge in [-0.25, -0.2) is 0 Å². The summed E-state index contributed by atoms with van der Waals surface area (Å²) in [7, 11) is 3.82. The minimum absolute atomic E-state index is 0.0414. The maximum atomic E-state index is 13.7. The number of carbonyl (C=O) groups excluding carboxylic acids is 2. The van der Waals surface area contributed by atoms with Crippen LogP contribution in [0.25, 0.3) is 5.57 Å². The number of amides is 2. The molecule has 0 radical (unpaired) electrons. The quantitative estimate of drug-likeness (QED) is 0.220. The van der Waals surface area contributed by atoms with Gasteiger partial charge in [-0.05, 0) is 62.2 Å². The molecule has 3 unspecified atom stereocenters. The number of hydrogen-bond donors (Lipinski definition) is 3. The van der Waals surface area contributed by atoms with Crippen molar-refractivity contribution in [3.8, 4) is 17.6 Å². The van der Waals surface area contributed by atoms with Crippen molar-refractivity contribution in [1.82, 2.24) is 25.3 Å². The maximum absolute atomic E-state index is 13.7. The summed E-state index contributed by atoms with van der Waals surface area (Å²) in [4.78, 5) is 37.9. The Labute approximate surface area is 396 Å². The van der Waals surface area contributed by atoms with Crippen LogP contribution in [0.2, 0.25) is 5.02 Å². The van der Waals surface area contributed by atoms with Crippen LogP contribution in [0.15, 0.2) is 47.6 Å². The van der Waals surface area contributed by atoms with E-state index in [0.29, 0.717) is 29.5 Å². The van der Waals surface area contributed by atoms with Gasteiger partial charge in [0.15, 0.2) is 0 Å². The van der Waals surface area contributed by atoms with Crippen LogP contribution < -0.4 is 20.1 Å². The highest BCUT2D eigenvalue weighted by atomic mass is 35.5. The summed E-state index contributed by atoms with van der Waals surface area (Å²) in [5.74, 6) is 1.99. The molecule has 0 bridgehead atoms. The highest BCUT2D eigenvalue weighted by Crippen LogP contribution is 2.55. The fraction of sp³-hybridized carbons (Fsp3) is 0.627. The maximum Gasteiger partial charge on any atom is 0.388 e. The molecular formula is C51H70ClN8O6+. The third-order valence-corrected chi connectivity index (χ3v) is 15.1. The van der Waals surface area contributed by atoms with Crippen LogP contribution in [0.5, 0.6) is 11.5 Å². The zero-order valence-corrected chi connectivity index (χ0v) is 41.2. The third-order valence-electron chi connectivity index (χ3n) is 14.8. The lowest BCUT2D eigenvalue weighted by Gasteiger charge is -2.63. The summed E-state index contributed by atoms with van der Waals surface area (Å²) < 4.78 is 21.8. The molecule has 2 aromatic rings. The molecule has 6 aliphatic rings. The highest BCUT2D eigenvalue weighted by Gasteiger charge is 2.64. The number of likely N-dealkylation sites (tertiary alicyclic amines) is 2. The Bertz CT molecular complexity index is 2320. The van der Waals surface area contributed by atoms with Gasteiger partial charge in [-0.3, -0.25) is 24.0 Å². The van der Waals surface area contributed by atoms with Gasteiger partial charge >= 0.3 is 5.96 Å². The molecule has 14 nitrogen and oxygen atoms in total. The molecule has 5 aliphatic heterocycles. The van der Waals surface area contributed by atoms with Crippen molar-refractivity contribution in [2.24, 2.45) is 33.1 Å². The van der Waals surface area contributed by atoms with E-state index in [1.165, 1.54) is 0 Å². The summed E-state index contributed by atoms with van der Waals surface area (Å²) in [6.45, 7) is 22.7. The first-order valence-corrected chi connectivity index (χ1v) is 24.1. The number of ether oxygens (including phenoxy) is 3. The number of carbonyl (C=O) groups is 2. The first kappa shape index (κ1) is 48.0. The fourth-order valence-electron chi connectivity index (χ4n) is 11.5. The molecule has 0 aromatic heterocycles. The number of piperidine rings is 1. The Morgan fingerprint density at radius 1 is 1.06 bits per heavy atom. The predicted octanol–water partition coefficient (Wildman–Crippen LogP) is 5.50. The second-order valence-corrected chi connectivity index (χ2v) is 22.5. The van der Waals surface area contributed by atoms with Crippen molar-refractivity contribution < 1.29 is 33.5 Å². The standard InChI is InChI=1S/C51H69ClN8O6/c1-48(2,30-64-41-14-12-33(51(7,8)63)21-38(41)39-28-57(9)44(62)42-37(39)15-18-54-42)29-59-26-36(27-59)65-34-16-19-60(20-17-34)47-55-24-32(25-58(47)10)43(61)56-45-49(3,4)46(50(45,5)6)66-35-13-11-31(23-53)40(52)22-35/h11-14,21-22,24,28,32,34,36-37,42,45-46,54,63H,15-20,25-27,29-30H2,1-10H3/p+1. The molecule has 66 heavy (non-hydrogen) atoms. The molecule has 1 saturated carbocycles. The number of guanidine groups is 1. The highest BCUT2D eigenvalue weighted by molar-refractivity contribution is 6.31. The normalized spacial score (nSPS) is 26.9. The summed E-state index contributed by atoms with van der Waals surface area (Å²) in [6, 6.07) is 12.8. The Morgan fingerprint density at radius 3 is 2.42 bits per heavy atom. The summed E-state index contributed by atoms with van der Waals surface area (Å²) >= 11 is 6.28. The Hall–Kier alpha value is -4.52. The number of halogens is 1. The molecule has 3 saturated heterocycles. The molecule has 2 amide bonds. The molecular weight excluding hydrogens is 856 g/mol. The lowest BCUT2D eigenvalue weighted by Crippen LogP contribution is -2.75. The molecule has 2 aromatic carbocycles. The number of benzene rings is 2. The number of nitrogens with one attached hydrogen (secondary N) is 2. The number of likely N-dealkylation sites (N-methyl/N-ethyl adjacent to an activating group) is 1. The SMILES string of the molecule is CN1C=C(c2cc(C(C)(C)O)ccc2OCC(C)(C)CN2CC(OC3CCN(C4=[N+](C)CC(C(=O)NC5C(C)(C)C(Oc6ccc(C#N)c(Cl)c6)C5(C)C)C=N4)CC3)C2)C2CCNC2C1=O. The van der Waals surface area contributed by atoms with Gasteiger partial charge in [0.05, 0.1) is 73.9 Å². The van der Waals surface area contributed by atoms with Gasteiger partial charge in [0.25, 0.3) is 0 Å². The molecule has 3 N–H and O–H groups in total. The molecule has 0 spiro atoms. The van der Waals surface area contributed by atoms with Crippen LogP contribution in [0.3, 0.4) is 0 Å². The number of nitrogens with zero attached hydrogens (tertiary/aromatic N) is 6. The van der Waals surface area contributed by atoms with Gasteiger partial charge in [0, 0.05) is 85.6 Å². The van der Waals surface area contributed by atoms with E-state index >= 15 is 0 Å². The Balaban J connectivity index is 0.779. The Morgan fingerprint density at radius 2 is 1.77 bits per heavy atom. The number of nitriles is 1. The van der Waals surface area contributed by atoms with E-state index in [9.17, 15) is 20.0 Å². The molecule has 1 aliphatic carbocycles. The largest absolute Gasteiger partial charge is 0.492 e. The number of rotatable bonds is 13. The van der Waals surface area contributed by atoms with Crippen LogP contribution in [-0.4, -0.2) is 145 Å². The van der Waals surface area contributed by atoms with Crippen molar-refractivity contribution in [3.63, 3.8) is 0 Å². The average Bonchev–Trinajstić information content (AvgIpc) is 3.75. The number of aliphatic imine (C=N–C) groups is 1. The van der Waals surface area contributed by atoms with E-state index in [1.807, 2.05) is 38.5 Å². The van der Waals surface area contributed by atoms with Crippen LogP contribution in [0.1, 0.15) is 91.3 Å². The van der Waals surface area contributed by atoms with Crippen LogP contribution in [0.4, 0.5) is 0 Å². The van der Waals surface area contributed by atoms with Crippen molar-refractivity contribution in [1.29, 1.82) is 5.26 Å². The molecule has 8 rings (SSSR count). The smallest absolute Gasteiger partial charge is 0.388 e. The molecule has 356 valence electrons. The third kappa shape index (κ3) is 9.61. The van der Waals surface area contributed by atoms with Gasteiger partial charge in [-0.2, -0.15) is 5.26 Å². The van der Waals surface area contributed by atoms with Crippen molar-refractivity contribution >= 4 is 41.2 Å². The van der Waals surface area contributed by atoms with Crippen molar-refractivity contribution in [2.75, 3.05) is 66.5 Å². The minimum Gasteiger partial charge on any atom is -0.492 e. The lowest BCUT2D eigenvalue weighted by molar-refractivity contribution is -0.507. The van der Waals surface area contributed by atoms with Gasteiger partial charge in [-0.1, -0.05) is 64.2 Å². The van der Waals surface area contributed by atoms with E-state index < -0.39 is 5.60 Å². The van der Waals surface area contributed by atoms with Crippen LogP contribution >= 0.6 is 11.6 Å². The van der Waals surface area contributed by atoms with Crippen LogP contribution in [-0.2, 0) is 19.9 Å². The minimum atomic E-state index is -1.02. The summed E-state index contributed by atoms with van der Waals surface area (Å²) in [5, 5.41) is 27.3. The molecule has 5 heterocycles. The summed E-state index contributed by atoms with van der Waals surface area (Å²) in [5.41, 5.74) is 1.37. The second kappa shape index (κ2) is 18.2. The van der Waals surface area contributed by atoms with E-state index in [4.69, 9.17) is 30.8 Å². The van der Waals surface area contributed by atoms with E-state index in [0.717, 1.165) is 86.9 Å². The van der Waals surface area contributed by atoms with Crippen molar-refractivity contribution in [3.05, 3.63) is 64.3 Å². The number of fused-ring (bicyclic) bond motifs is 1. The average molecular weight is 927 g/mol. The molecule has 3 atom stereocenters. The van der Waals surface area contributed by atoms with E-state index in [1.54, 1.807) is 43.2 Å². The summed E-state index contributed by atoms with van der Waals surface area (Å²) in [6.07, 6.45) is 6.69. The monoisotopic (exact) mass is 926 g/mol. The number of hydrogen-bond acceptors (Lipinski definition) is 11. The van der Waals surface area contributed by atoms with Gasteiger partial charge < -0.3 is 34.9 Å². The Kier molecular flexibility index (Phi) is 13.2.